The molecule has 0 amide bonds. The number of likely N-dealkylation sites (tertiary alicyclic amines) is 1. The third-order valence-electron chi connectivity index (χ3n) is 7.13. The van der Waals surface area contributed by atoms with Gasteiger partial charge < -0.3 is 14.9 Å². The summed E-state index contributed by atoms with van der Waals surface area (Å²) in [7, 11) is -3.85. The highest BCUT2D eigenvalue weighted by molar-refractivity contribution is 7.92. The van der Waals surface area contributed by atoms with Crippen LogP contribution in [-0.2, 0) is 10.0 Å². The van der Waals surface area contributed by atoms with Crippen LogP contribution in [0.3, 0.4) is 0 Å². The minimum absolute atomic E-state index is 0.124. The molecule has 8 heteroatoms. The molecule has 2 aromatic rings. The lowest BCUT2D eigenvalue weighted by Gasteiger charge is -2.36. The van der Waals surface area contributed by atoms with E-state index in [2.05, 4.69) is 14.5 Å². The number of carboxylic acids is 1. The molecule has 2 saturated heterocycles. The summed E-state index contributed by atoms with van der Waals surface area (Å²) in [5.74, 6) is -0.542. The quantitative estimate of drug-likeness (QED) is 0.603. The second kappa shape index (κ2) is 9.96. The number of carboxylic acid groups (broad SMARTS) is 1. The van der Waals surface area contributed by atoms with Gasteiger partial charge in [-0.25, -0.2) is 13.2 Å². The number of hydrogen-bond donors (Lipinski definition) is 2. The van der Waals surface area contributed by atoms with Crippen molar-refractivity contribution in [2.45, 2.75) is 51.3 Å². The Hall–Kier alpha value is -2.58. The van der Waals surface area contributed by atoms with Crippen molar-refractivity contribution in [1.29, 1.82) is 0 Å². The predicted molar refractivity (Wildman–Crippen MR) is 135 cm³/mol. The maximum atomic E-state index is 13.1. The first-order valence-corrected chi connectivity index (χ1v) is 13.6. The van der Waals surface area contributed by atoms with Gasteiger partial charge in [0.15, 0.2) is 0 Å². The van der Waals surface area contributed by atoms with E-state index in [-0.39, 0.29) is 16.1 Å². The number of nitrogens with zero attached hydrogens (tertiary/aromatic N) is 2. The third-order valence-corrected chi connectivity index (χ3v) is 8.66. The molecule has 2 N–H and O–H groups in total. The fourth-order valence-electron chi connectivity index (χ4n) is 5.24. The highest BCUT2D eigenvalue weighted by atomic mass is 32.2. The molecular weight excluding hydrogens is 450 g/mol. The van der Waals surface area contributed by atoms with E-state index in [1.54, 1.807) is 25.1 Å². The summed E-state index contributed by atoms with van der Waals surface area (Å²) in [5, 5.41) is 9.93. The molecule has 1 unspecified atom stereocenters. The average Bonchev–Trinajstić information content (AvgIpc) is 3.29. The first kappa shape index (κ1) is 24.5. The van der Waals surface area contributed by atoms with Crippen LogP contribution in [0.25, 0.3) is 0 Å². The van der Waals surface area contributed by atoms with E-state index < -0.39 is 16.0 Å². The Balaban J connectivity index is 1.56. The van der Waals surface area contributed by atoms with Crippen molar-refractivity contribution >= 4 is 27.4 Å². The number of nitrogens with one attached hydrogen (secondary N) is 1. The average molecular weight is 486 g/mol. The van der Waals surface area contributed by atoms with Crippen LogP contribution in [0, 0.1) is 26.7 Å². The normalized spacial score (nSPS) is 19.4. The Morgan fingerprint density at radius 3 is 2.41 bits per heavy atom. The summed E-state index contributed by atoms with van der Waals surface area (Å²) in [6, 6.07) is 8.36. The summed E-state index contributed by atoms with van der Waals surface area (Å²) in [6.45, 7) is 10.6. The second-order valence-electron chi connectivity index (χ2n) is 9.81. The lowest BCUT2D eigenvalue weighted by atomic mass is 9.96. The van der Waals surface area contributed by atoms with E-state index in [1.165, 1.54) is 18.9 Å². The lowest BCUT2D eigenvalue weighted by molar-refractivity contribution is 0.0697. The SMILES string of the molecule is Cc1cc(C)c(S(=O)(=O)Nc2ccc(N3CCCC(CN4CCCC4)C3)c(C(=O)O)c2)cc1C. The van der Waals surface area contributed by atoms with Crippen molar-refractivity contribution in [3.05, 3.63) is 52.6 Å². The maximum absolute atomic E-state index is 13.1. The fourth-order valence-corrected chi connectivity index (χ4v) is 6.61. The van der Waals surface area contributed by atoms with E-state index in [9.17, 15) is 18.3 Å². The van der Waals surface area contributed by atoms with Crippen molar-refractivity contribution in [1.82, 2.24) is 4.90 Å². The number of sulfonamides is 1. The van der Waals surface area contributed by atoms with Gasteiger partial charge in [-0.05, 0) is 106 Å². The highest BCUT2D eigenvalue weighted by Crippen LogP contribution is 2.31. The van der Waals surface area contributed by atoms with Crippen LogP contribution in [0.5, 0.6) is 0 Å². The van der Waals surface area contributed by atoms with Crippen molar-refractivity contribution in [3.63, 3.8) is 0 Å². The Kier molecular flexibility index (Phi) is 7.19. The van der Waals surface area contributed by atoms with Crippen LogP contribution in [0.1, 0.15) is 52.7 Å². The first-order chi connectivity index (χ1) is 16.1. The molecule has 34 heavy (non-hydrogen) atoms. The molecular formula is C26H35N3O4S. The Morgan fingerprint density at radius 2 is 1.71 bits per heavy atom. The lowest BCUT2D eigenvalue weighted by Crippen LogP contribution is -2.41. The fraction of sp³-hybridized carbons (Fsp3) is 0.500. The number of hydrogen-bond acceptors (Lipinski definition) is 5. The van der Waals surface area contributed by atoms with E-state index in [4.69, 9.17) is 0 Å². The number of benzene rings is 2. The second-order valence-corrected chi connectivity index (χ2v) is 11.5. The third kappa shape index (κ3) is 5.39. The summed E-state index contributed by atoms with van der Waals surface area (Å²) < 4.78 is 28.8. The van der Waals surface area contributed by atoms with Crippen LogP contribution in [0.15, 0.2) is 35.2 Å². The molecule has 0 saturated carbocycles. The zero-order chi connectivity index (χ0) is 24.5. The van der Waals surface area contributed by atoms with Gasteiger partial charge in [0.05, 0.1) is 16.1 Å². The zero-order valence-electron chi connectivity index (χ0n) is 20.3. The topological polar surface area (TPSA) is 90.0 Å². The monoisotopic (exact) mass is 485 g/mol. The molecule has 1 atom stereocenters. The Bertz CT molecular complexity index is 1170. The van der Waals surface area contributed by atoms with Crippen LogP contribution in [0.2, 0.25) is 0 Å². The van der Waals surface area contributed by atoms with Crippen LogP contribution < -0.4 is 9.62 Å². The van der Waals surface area contributed by atoms with Gasteiger partial charge >= 0.3 is 5.97 Å². The van der Waals surface area contributed by atoms with Crippen molar-refractivity contribution < 1.29 is 18.3 Å². The molecule has 2 fully saturated rings. The Morgan fingerprint density at radius 1 is 1.00 bits per heavy atom. The summed E-state index contributed by atoms with van der Waals surface area (Å²) in [4.78, 5) is 17.0. The molecule has 2 aromatic carbocycles. The van der Waals surface area contributed by atoms with E-state index >= 15 is 0 Å². The van der Waals surface area contributed by atoms with E-state index in [0.717, 1.165) is 56.7 Å². The molecule has 2 heterocycles. The van der Waals surface area contributed by atoms with Crippen LogP contribution in [0.4, 0.5) is 11.4 Å². The van der Waals surface area contributed by atoms with Gasteiger partial charge in [0, 0.05) is 25.3 Å². The van der Waals surface area contributed by atoms with Crippen LogP contribution >= 0.6 is 0 Å². The first-order valence-electron chi connectivity index (χ1n) is 12.1. The number of rotatable bonds is 7. The number of aryl methyl sites for hydroxylation is 3. The number of anilines is 2. The van der Waals surface area contributed by atoms with Crippen molar-refractivity contribution in [2.24, 2.45) is 5.92 Å². The molecule has 0 aliphatic carbocycles. The molecule has 184 valence electrons. The Labute approximate surface area is 202 Å². The molecule has 0 spiro atoms. The summed E-state index contributed by atoms with van der Waals surface area (Å²) >= 11 is 0. The largest absolute Gasteiger partial charge is 0.478 e. The smallest absolute Gasteiger partial charge is 0.337 e. The zero-order valence-corrected chi connectivity index (χ0v) is 21.1. The minimum Gasteiger partial charge on any atom is -0.478 e. The molecule has 2 aliphatic rings. The molecule has 0 radical (unpaired) electrons. The molecule has 2 aliphatic heterocycles. The minimum atomic E-state index is -3.85. The van der Waals surface area contributed by atoms with Gasteiger partial charge in [0.25, 0.3) is 10.0 Å². The van der Waals surface area contributed by atoms with Gasteiger partial charge in [-0.15, -0.1) is 0 Å². The maximum Gasteiger partial charge on any atom is 0.337 e. The van der Waals surface area contributed by atoms with Gasteiger partial charge in [-0.3, -0.25) is 4.72 Å². The van der Waals surface area contributed by atoms with Crippen LogP contribution in [-0.4, -0.2) is 57.1 Å². The number of piperidine rings is 1. The predicted octanol–water partition coefficient (Wildman–Crippen LogP) is 4.42. The molecule has 7 nitrogen and oxygen atoms in total. The highest BCUT2D eigenvalue weighted by Gasteiger charge is 2.27. The van der Waals surface area contributed by atoms with Gasteiger partial charge in [0.2, 0.25) is 0 Å². The van der Waals surface area contributed by atoms with Crippen molar-refractivity contribution in [3.8, 4) is 0 Å². The van der Waals surface area contributed by atoms with Crippen molar-refractivity contribution in [2.75, 3.05) is 42.3 Å². The summed E-state index contributed by atoms with van der Waals surface area (Å²) in [5.41, 5.74) is 3.61. The molecule has 4 rings (SSSR count). The molecule has 0 aromatic heterocycles. The standard InChI is InChI=1S/C26H35N3O4S/c1-18-13-20(3)25(14-19(18)2)34(32,33)27-22-8-9-24(23(15-22)26(30)31)29-12-6-7-21(17-29)16-28-10-4-5-11-28/h8-9,13-15,21,27H,4-7,10-12,16-17H2,1-3H3,(H,30,31). The van der Waals surface area contributed by atoms with Gasteiger partial charge in [0.1, 0.15) is 0 Å². The number of carbonyl (C=O) groups is 1. The summed E-state index contributed by atoms with van der Waals surface area (Å²) in [6.07, 6.45) is 4.71. The van der Waals surface area contributed by atoms with E-state index in [1.807, 2.05) is 19.9 Å². The van der Waals surface area contributed by atoms with Gasteiger partial charge in [-0.1, -0.05) is 6.07 Å². The van der Waals surface area contributed by atoms with Gasteiger partial charge in [-0.2, -0.15) is 0 Å². The number of aromatic carboxylic acids is 1. The molecule has 0 bridgehead atoms. The van der Waals surface area contributed by atoms with E-state index in [0.29, 0.717) is 17.2 Å².